The van der Waals surface area contributed by atoms with Gasteiger partial charge in [-0.1, -0.05) is 0 Å². The van der Waals surface area contributed by atoms with Crippen LogP contribution in [0.4, 0.5) is 15.8 Å². The Morgan fingerprint density at radius 2 is 2.16 bits per heavy atom. The zero-order valence-electron chi connectivity index (χ0n) is 9.57. The minimum absolute atomic E-state index is 0.134. The van der Waals surface area contributed by atoms with Crippen molar-refractivity contribution in [3.63, 3.8) is 0 Å². The number of benzene rings is 1. The molecule has 0 aliphatic heterocycles. The van der Waals surface area contributed by atoms with Crippen LogP contribution in [0, 0.1) is 45.5 Å². The van der Waals surface area contributed by atoms with E-state index in [0.29, 0.717) is 5.56 Å². The molecule has 0 aromatic heterocycles. The molecule has 0 unspecified atom stereocenters. The van der Waals surface area contributed by atoms with Gasteiger partial charge in [-0.15, -0.1) is 0 Å². The van der Waals surface area contributed by atoms with E-state index in [2.05, 4.69) is 21.2 Å². The third kappa shape index (κ3) is 3.06. The SMILES string of the molecule is Cc1cc([N+](=O)[O-])c(F)c(Br)c1NC=C(C#N)C#N. The quantitative estimate of drug-likeness (QED) is 0.522. The van der Waals surface area contributed by atoms with E-state index in [1.54, 1.807) is 12.1 Å². The van der Waals surface area contributed by atoms with Crippen molar-refractivity contribution < 1.29 is 9.31 Å². The van der Waals surface area contributed by atoms with E-state index in [1.165, 1.54) is 6.92 Å². The molecule has 0 radical (unpaired) electrons. The van der Waals surface area contributed by atoms with Crippen LogP contribution in [0.3, 0.4) is 0 Å². The molecule has 1 aromatic rings. The number of aryl methyl sites for hydroxylation is 1. The summed E-state index contributed by atoms with van der Waals surface area (Å²) in [7, 11) is 0. The Labute approximate surface area is 116 Å². The van der Waals surface area contributed by atoms with Crippen LogP contribution < -0.4 is 5.32 Å². The minimum Gasteiger partial charge on any atom is -0.359 e. The molecule has 6 nitrogen and oxygen atoms in total. The summed E-state index contributed by atoms with van der Waals surface area (Å²) in [5.41, 5.74) is -0.248. The fraction of sp³-hybridized carbons (Fsp3) is 0.0909. The van der Waals surface area contributed by atoms with Gasteiger partial charge in [-0.2, -0.15) is 14.9 Å². The number of nitrogens with one attached hydrogen (secondary N) is 1. The van der Waals surface area contributed by atoms with Gasteiger partial charge in [0, 0.05) is 12.3 Å². The van der Waals surface area contributed by atoms with Crippen molar-refractivity contribution in [3.05, 3.63) is 43.8 Å². The molecule has 0 heterocycles. The molecule has 0 bridgehead atoms. The zero-order valence-corrected chi connectivity index (χ0v) is 11.2. The normalized spacial score (nSPS) is 9.11. The predicted molar refractivity (Wildman–Crippen MR) is 68.4 cm³/mol. The van der Waals surface area contributed by atoms with Crippen LogP contribution in [0.25, 0.3) is 0 Å². The molecule has 8 heteroatoms. The first kappa shape index (κ1) is 14.6. The van der Waals surface area contributed by atoms with E-state index in [4.69, 9.17) is 10.5 Å². The summed E-state index contributed by atoms with van der Waals surface area (Å²) in [6, 6.07) is 4.31. The molecule has 0 spiro atoms. The van der Waals surface area contributed by atoms with Gasteiger partial charge in [0.25, 0.3) is 0 Å². The van der Waals surface area contributed by atoms with Crippen molar-refractivity contribution >= 4 is 27.3 Å². The molecule has 19 heavy (non-hydrogen) atoms. The van der Waals surface area contributed by atoms with Crippen LogP contribution in [0.15, 0.2) is 22.3 Å². The lowest BCUT2D eigenvalue weighted by atomic mass is 10.1. The van der Waals surface area contributed by atoms with Gasteiger partial charge in [-0.25, -0.2) is 0 Å². The van der Waals surface area contributed by atoms with Gasteiger partial charge >= 0.3 is 5.69 Å². The first-order valence-electron chi connectivity index (χ1n) is 4.82. The van der Waals surface area contributed by atoms with Crippen LogP contribution in [0.1, 0.15) is 5.56 Å². The molecule has 0 amide bonds. The van der Waals surface area contributed by atoms with E-state index in [1.807, 2.05) is 0 Å². The minimum atomic E-state index is -1.03. The highest BCUT2D eigenvalue weighted by Gasteiger charge is 2.21. The van der Waals surface area contributed by atoms with Crippen molar-refractivity contribution in [1.29, 1.82) is 10.5 Å². The lowest BCUT2D eigenvalue weighted by molar-refractivity contribution is -0.387. The van der Waals surface area contributed by atoms with Crippen LogP contribution in [0.2, 0.25) is 0 Å². The van der Waals surface area contributed by atoms with E-state index in [0.717, 1.165) is 12.3 Å². The lowest BCUT2D eigenvalue weighted by Gasteiger charge is -2.09. The number of hydrogen-bond acceptors (Lipinski definition) is 5. The third-order valence-corrected chi connectivity index (χ3v) is 2.93. The smallest absolute Gasteiger partial charge is 0.306 e. The summed E-state index contributed by atoms with van der Waals surface area (Å²) in [5, 5.41) is 30.3. The Kier molecular flexibility index (Phi) is 4.56. The van der Waals surface area contributed by atoms with Crippen molar-refractivity contribution in [2.75, 3.05) is 5.32 Å². The molecular weight excluding hydrogens is 319 g/mol. The molecule has 0 aliphatic rings. The second kappa shape index (κ2) is 5.94. The Hall–Kier alpha value is -2.45. The molecule has 1 aromatic carbocycles. The van der Waals surface area contributed by atoms with Crippen LogP contribution >= 0.6 is 15.9 Å². The highest BCUT2D eigenvalue weighted by atomic mass is 79.9. The molecule has 1 N–H and O–H groups in total. The average Bonchev–Trinajstić information content (AvgIpc) is 2.37. The van der Waals surface area contributed by atoms with E-state index < -0.39 is 16.4 Å². The molecule has 0 aliphatic carbocycles. The van der Waals surface area contributed by atoms with Crippen molar-refractivity contribution in [2.45, 2.75) is 6.92 Å². The number of allylic oxidation sites excluding steroid dienone is 1. The second-order valence-corrected chi connectivity index (χ2v) is 4.19. The number of anilines is 1. The molecule has 0 saturated heterocycles. The number of nitro groups is 1. The van der Waals surface area contributed by atoms with Gasteiger partial charge in [0.15, 0.2) is 0 Å². The van der Waals surface area contributed by atoms with Gasteiger partial charge in [0.2, 0.25) is 5.82 Å². The molecule has 1 rings (SSSR count). The zero-order chi connectivity index (χ0) is 14.6. The number of nitriles is 2. The highest BCUT2D eigenvalue weighted by molar-refractivity contribution is 9.10. The van der Waals surface area contributed by atoms with Crippen molar-refractivity contribution in [1.82, 2.24) is 0 Å². The van der Waals surface area contributed by atoms with Crippen LogP contribution in [-0.4, -0.2) is 4.92 Å². The maximum Gasteiger partial charge on any atom is 0.306 e. The van der Waals surface area contributed by atoms with E-state index in [-0.39, 0.29) is 15.7 Å². The van der Waals surface area contributed by atoms with Crippen molar-refractivity contribution in [2.24, 2.45) is 0 Å². The molecule has 96 valence electrons. The van der Waals surface area contributed by atoms with Crippen molar-refractivity contribution in [3.8, 4) is 12.1 Å². The highest BCUT2D eigenvalue weighted by Crippen LogP contribution is 2.35. The van der Waals surface area contributed by atoms with E-state index >= 15 is 0 Å². The fourth-order valence-corrected chi connectivity index (χ4v) is 1.91. The Bertz CT molecular complexity index is 642. The third-order valence-electron chi connectivity index (χ3n) is 2.18. The summed E-state index contributed by atoms with van der Waals surface area (Å²) in [6.07, 6.45) is 1.10. The maximum absolute atomic E-state index is 13.7. The Morgan fingerprint density at radius 1 is 1.58 bits per heavy atom. The second-order valence-electron chi connectivity index (χ2n) is 3.40. The van der Waals surface area contributed by atoms with Gasteiger partial charge in [0.05, 0.1) is 15.1 Å². The van der Waals surface area contributed by atoms with Gasteiger partial charge < -0.3 is 5.32 Å². The molecule has 0 saturated carbocycles. The largest absolute Gasteiger partial charge is 0.359 e. The summed E-state index contributed by atoms with van der Waals surface area (Å²) < 4.78 is 13.6. The van der Waals surface area contributed by atoms with Crippen LogP contribution in [-0.2, 0) is 0 Å². The van der Waals surface area contributed by atoms with Crippen LogP contribution in [0.5, 0.6) is 0 Å². The van der Waals surface area contributed by atoms with Gasteiger partial charge in [-0.3, -0.25) is 10.1 Å². The fourth-order valence-electron chi connectivity index (χ4n) is 1.28. The number of hydrogen-bond donors (Lipinski definition) is 1. The maximum atomic E-state index is 13.7. The predicted octanol–water partition coefficient (Wildman–Crippen LogP) is 3.15. The monoisotopic (exact) mass is 324 g/mol. The summed E-state index contributed by atoms with van der Waals surface area (Å²) in [5.74, 6) is -1.03. The first-order chi connectivity index (χ1) is 8.92. The van der Waals surface area contributed by atoms with Gasteiger partial charge in [0.1, 0.15) is 17.7 Å². The van der Waals surface area contributed by atoms with Gasteiger partial charge in [-0.05, 0) is 28.4 Å². The summed E-state index contributed by atoms with van der Waals surface area (Å²) in [4.78, 5) is 9.79. The molecular formula is C11H6BrFN4O2. The number of rotatable bonds is 3. The summed E-state index contributed by atoms with van der Waals surface area (Å²) in [6.45, 7) is 1.53. The summed E-state index contributed by atoms with van der Waals surface area (Å²) >= 11 is 2.91. The standard InChI is InChI=1S/C11H6BrFN4O2/c1-6-2-8(17(18)19)10(13)9(12)11(6)16-5-7(3-14)4-15/h2,5,16H,1H3. The van der Waals surface area contributed by atoms with E-state index in [9.17, 15) is 14.5 Å². The topological polar surface area (TPSA) is 103 Å². The first-order valence-corrected chi connectivity index (χ1v) is 5.61. The Morgan fingerprint density at radius 3 is 2.63 bits per heavy atom. The number of nitrogens with zero attached hydrogens (tertiary/aromatic N) is 3. The number of nitro benzene ring substituents is 1. The lowest BCUT2D eigenvalue weighted by Crippen LogP contribution is -2.00. The number of halogens is 2. The average molecular weight is 325 g/mol. The Balaban J connectivity index is 3.30. The molecule has 0 fully saturated rings. The molecule has 0 atom stereocenters.